The molecule has 0 radical (unpaired) electrons. The molecule has 138 valence electrons. The van der Waals surface area contributed by atoms with Gasteiger partial charge in [0.15, 0.2) is 0 Å². The van der Waals surface area contributed by atoms with Gasteiger partial charge >= 0.3 is 0 Å². The van der Waals surface area contributed by atoms with Crippen LogP contribution < -0.4 is 10.6 Å². The number of hydrogen-bond acceptors (Lipinski definition) is 4. The topological polar surface area (TPSA) is 74.3 Å². The molecule has 1 aliphatic heterocycles. The molecule has 2 heterocycles. The molecule has 2 N–H and O–H groups in total. The standard InChI is InChI=1S/C19H30N4O2/c1-14-7-11-23(12-8-14)17(24)15-5-6-16(22-13-15)20-9-10-21-18(25)19(2,3)4/h5-6,13-14H,7-12H2,1-4H3,(H,20,22)(H,21,25). The van der Waals surface area contributed by atoms with E-state index < -0.39 is 0 Å². The molecule has 0 atom stereocenters. The first kappa shape index (κ1) is 19.2. The van der Waals surface area contributed by atoms with E-state index >= 15 is 0 Å². The second-order valence-corrected chi connectivity index (χ2v) is 7.84. The average Bonchev–Trinajstić information content (AvgIpc) is 2.58. The Bertz CT molecular complexity index is 584. The first-order valence-electron chi connectivity index (χ1n) is 9.05. The third kappa shape index (κ3) is 5.73. The lowest BCUT2D eigenvalue weighted by Gasteiger charge is -2.30. The van der Waals surface area contributed by atoms with Crippen molar-refractivity contribution in [1.29, 1.82) is 0 Å². The highest BCUT2D eigenvalue weighted by Gasteiger charge is 2.22. The van der Waals surface area contributed by atoms with E-state index in [-0.39, 0.29) is 17.2 Å². The van der Waals surface area contributed by atoms with E-state index in [1.807, 2.05) is 37.8 Å². The summed E-state index contributed by atoms with van der Waals surface area (Å²) in [5.41, 5.74) is 0.244. The molecule has 2 rings (SSSR count). The summed E-state index contributed by atoms with van der Waals surface area (Å²) in [5, 5.41) is 6.03. The summed E-state index contributed by atoms with van der Waals surface area (Å²) in [6, 6.07) is 3.62. The van der Waals surface area contributed by atoms with Gasteiger partial charge in [-0.2, -0.15) is 0 Å². The maximum absolute atomic E-state index is 12.5. The molecule has 1 aromatic heterocycles. The highest BCUT2D eigenvalue weighted by molar-refractivity contribution is 5.94. The molecule has 25 heavy (non-hydrogen) atoms. The monoisotopic (exact) mass is 346 g/mol. The van der Waals surface area contributed by atoms with E-state index in [0.717, 1.165) is 25.9 Å². The van der Waals surface area contributed by atoms with Gasteiger partial charge in [-0.15, -0.1) is 0 Å². The SMILES string of the molecule is CC1CCN(C(=O)c2ccc(NCCNC(=O)C(C)(C)C)nc2)CC1. The van der Waals surface area contributed by atoms with Gasteiger partial charge in [0.05, 0.1) is 5.56 Å². The fourth-order valence-electron chi connectivity index (χ4n) is 2.65. The van der Waals surface area contributed by atoms with Crippen LogP contribution in [-0.4, -0.2) is 47.9 Å². The van der Waals surface area contributed by atoms with E-state index in [9.17, 15) is 9.59 Å². The maximum atomic E-state index is 12.5. The fourth-order valence-corrected chi connectivity index (χ4v) is 2.65. The summed E-state index contributed by atoms with van der Waals surface area (Å²) in [7, 11) is 0. The van der Waals surface area contributed by atoms with E-state index in [1.165, 1.54) is 0 Å². The van der Waals surface area contributed by atoms with Crippen molar-refractivity contribution in [2.45, 2.75) is 40.5 Å². The minimum absolute atomic E-state index is 0.0269. The number of carbonyl (C=O) groups is 2. The predicted molar refractivity (Wildman–Crippen MR) is 99.5 cm³/mol. The van der Waals surface area contributed by atoms with Crippen molar-refractivity contribution < 1.29 is 9.59 Å². The largest absolute Gasteiger partial charge is 0.368 e. The van der Waals surface area contributed by atoms with E-state index in [0.29, 0.717) is 30.4 Å². The zero-order valence-electron chi connectivity index (χ0n) is 15.8. The number of likely N-dealkylation sites (tertiary alicyclic amines) is 1. The molecule has 0 spiro atoms. The lowest BCUT2D eigenvalue weighted by molar-refractivity contribution is -0.128. The number of anilines is 1. The molecule has 0 saturated carbocycles. The Morgan fingerprint density at radius 3 is 2.44 bits per heavy atom. The van der Waals surface area contributed by atoms with Crippen LogP contribution in [-0.2, 0) is 4.79 Å². The predicted octanol–water partition coefficient (Wildman–Crippen LogP) is 2.53. The van der Waals surface area contributed by atoms with Crippen molar-refractivity contribution in [3.8, 4) is 0 Å². The lowest BCUT2D eigenvalue weighted by atomic mass is 9.96. The number of piperidine rings is 1. The van der Waals surface area contributed by atoms with Gasteiger partial charge in [-0.1, -0.05) is 27.7 Å². The lowest BCUT2D eigenvalue weighted by Crippen LogP contribution is -2.38. The summed E-state index contributed by atoms with van der Waals surface area (Å²) < 4.78 is 0. The molecule has 1 aromatic rings. The van der Waals surface area contributed by atoms with E-state index in [2.05, 4.69) is 22.5 Å². The first-order valence-corrected chi connectivity index (χ1v) is 9.05. The summed E-state index contributed by atoms with van der Waals surface area (Å²) in [5.74, 6) is 1.49. The van der Waals surface area contributed by atoms with Crippen LogP contribution in [0.5, 0.6) is 0 Å². The van der Waals surface area contributed by atoms with Gasteiger partial charge in [0, 0.05) is 37.8 Å². The Morgan fingerprint density at radius 2 is 1.88 bits per heavy atom. The summed E-state index contributed by atoms with van der Waals surface area (Å²) in [4.78, 5) is 30.4. The highest BCUT2D eigenvalue weighted by Crippen LogP contribution is 2.18. The van der Waals surface area contributed by atoms with Crippen LogP contribution in [0.1, 0.15) is 50.9 Å². The van der Waals surface area contributed by atoms with Gasteiger partial charge in [0.25, 0.3) is 5.91 Å². The molecule has 2 amide bonds. The summed E-state index contributed by atoms with van der Waals surface area (Å²) in [6.45, 7) is 10.7. The molecular formula is C19H30N4O2. The van der Waals surface area contributed by atoms with Crippen molar-refractivity contribution in [2.24, 2.45) is 11.3 Å². The van der Waals surface area contributed by atoms with Gasteiger partial charge in [-0.25, -0.2) is 4.98 Å². The second-order valence-electron chi connectivity index (χ2n) is 7.84. The van der Waals surface area contributed by atoms with Gasteiger partial charge in [0.1, 0.15) is 5.82 Å². The van der Waals surface area contributed by atoms with Crippen molar-refractivity contribution in [3.63, 3.8) is 0 Å². The summed E-state index contributed by atoms with van der Waals surface area (Å²) in [6.07, 6.45) is 3.76. The van der Waals surface area contributed by atoms with Crippen LogP contribution in [0.4, 0.5) is 5.82 Å². The number of nitrogens with zero attached hydrogens (tertiary/aromatic N) is 2. The van der Waals surface area contributed by atoms with Crippen LogP contribution in [0.3, 0.4) is 0 Å². The van der Waals surface area contributed by atoms with Crippen molar-refractivity contribution in [2.75, 3.05) is 31.5 Å². The van der Waals surface area contributed by atoms with Gasteiger partial charge in [-0.05, 0) is 30.9 Å². The van der Waals surface area contributed by atoms with Crippen LogP contribution in [0.15, 0.2) is 18.3 Å². The molecule has 1 saturated heterocycles. The van der Waals surface area contributed by atoms with Crippen LogP contribution in [0.25, 0.3) is 0 Å². The van der Waals surface area contributed by atoms with Crippen LogP contribution >= 0.6 is 0 Å². The Balaban J connectivity index is 1.78. The number of amides is 2. The molecule has 0 aliphatic carbocycles. The van der Waals surface area contributed by atoms with E-state index in [4.69, 9.17) is 0 Å². The molecule has 6 heteroatoms. The first-order chi connectivity index (χ1) is 11.8. The molecule has 0 aromatic carbocycles. The Labute approximate surface area is 150 Å². The normalized spacial score (nSPS) is 15.8. The Morgan fingerprint density at radius 1 is 1.20 bits per heavy atom. The van der Waals surface area contributed by atoms with Crippen LogP contribution in [0.2, 0.25) is 0 Å². The average molecular weight is 346 g/mol. The molecular weight excluding hydrogens is 316 g/mol. The highest BCUT2D eigenvalue weighted by atomic mass is 16.2. The molecule has 6 nitrogen and oxygen atoms in total. The Kier molecular flexibility index (Phi) is 6.39. The third-order valence-corrected chi connectivity index (χ3v) is 4.48. The number of aromatic nitrogens is 1. The number of rotatable bonds is 5. The second kappa shape index (κ2) is 8.32. The fraction of sp³-hybridized carbons (Fsp3) is 0.632. The molecule has 0 bridgehead atoms. The van der Waals surface area contributed by atoms with Crippen molar-refractivity contribution in [3.05, 3.63) is 23.9 Å². The number of carbonyl (C=O) groups excluding carboxylic acids is 2. The van der Waals surface area contributed by atoms with Crippen molar-refractivity contribution in [1.82, 2.24) is 15.2 Å². The zero-order chi connectivity index (χ0) is 18.4. The van der Waals surface area contributed by atoms with Crippen LogP contribution in [0, 0.1) is 11.3 Å². The molecule has 1 aliphatic rings. The molecule has 0 unspecified atom stereocenters. The van der Waals surface area contributed by atoms with Crippen molar-refractivity contribution >= 4 is 17.6 Å². The molecule has 1 fully saturated rings. The summed E-state index contributed by atoms with van der Waals surface area (Å²) >= 11 is 0. The minimum atomic E-state index is -0.382. The van der Waals surface area contributed by atoms with Gasteiger partial charge in [-0.3, -0.25) is 9.59 Å². The van der Waals surface area contributed by atoms with Gasteiger partial charge < -0.3 is 15.5 Å². The quantitative estimate of drug-likeness (QED) is 0.804. The zero-order valence-corrected chi connectivity index (χ0v) is 15.8. The number of hydrogen-bond donors (Lipinski definition) is 2. The maximum Gasteiger partial charge on any atom is 0.255 e. The Hall–Kier alpha value is -2.11. The van der Waals surface area contributed by atoms with Gasteiger partial charge in [0.2, 0.25) is 5.91 Å². The third-order valence-electron chi connectivity index (χ3n) is 4.48. The number of pyridine rings is 1. The van der Waals surface area contributed by atoms with E-state index in [1.54, 1.807) is 6.20 Å². The minimum Gasteiger partial charge on any atom is -0.368 e. The number of nitrogens with one attached hydrogen (secondary N) is 2. The smallest absolute Gasteiger partial charge is 0.255 e.